The third kappa shape index (κ3) is 2.31. The summed E-state index contributed by atoms with van der Waals surface area (Å²) >= 11 is 0. The van der Waals surface area contributed by atoms with Crippen LogP contribution in [0.2, 0.25) is 0 Å². The van der Waals surface area contributed by atoms with Gasteiger partial charge in [0.2, 0.25) is 15.9 Å². The summed E-state index contributed by atoms with van der Waals surface area (Å²) < 4.78 is 35.1. The normalized spacial score (nSPS) is 11.4. The lowest BCUT2D eigenvalue weighted by atomic mass is 10.1. The highest BCUT2D eigenvalue weighted by molar-refractivity contribution is 7.89. The van der Waals surface area contributed by atoms with E-state index in [0.717, 1.165) is 12.1 Å². The Morgan fingerprint density at radius 2 is 1.93 bits per heavy atom. The Hall–Kier alpha value is -1.47. The molecule has 0 bridgehead atoms. The summed E-state index contributed by atoms with van der Waals surface area (Å²) in [4.78, 5) is 10.4. The molecule has 15 heavy (non-hydrogen) atoms. The second-order valence-corrected chi connectivity index (χ2v) is 4.52. The van der Waals surface area contributed by atoms with Crippen LogP contribution < -0.4 is 10.9 Å². The predicted molar refractivity (Wildman–Crippen MR) is 51.0 cm³/mol. The van der Waals surface area contributed by atoms with Crippen LogP contribution in [0, 0.1) is 12.7 Å². The molecule has 0 spiro atoms. The van der Waals surface area contributed by atoms with Gasteiger partial charge in [0.25, 0.3) is 0 Å². The summed E-state index contributed by atoms with van der Waals surface area (Å²) in [5, 5.41) is 4.85. The van der Waals surface area contributed by atoms with Crippen molar-refractivity contribution >= 4 is 15.9 Å². The Morgan fingerprint density at radius 1 is 1.40 bits per heavy atom. The maximum Gasteiger partial charge on any atom is 0.249 e. The molecule has 0 unspecified atom stereocenters. The molecule has 1 rings (SSSR count). The molecule has 1 amide bonds. The molecule has 0 aliphatic rings. The number of hydrogen-bond donors (Lipinski definition) is 2. The van der Waals surface area contributed by atoms with Gasteiger partial charge in [-0.15, -0.1) is 0 Å². The number of hydrogen-bond acceptors (Lipinski definition) is 3. The van der Waals surface area contributed by atoms with Crippen LogP contribution in [0.1, 0.15) is 15.9 Å². The van der Waals surface area contributed by atoms with Gasteiger partial charge in [0, 0.05) is 5.56 Å². The molecule has 0 aromatic heterocycles. The molecule has 0 atom stereocenters. The van der Waals surface area contributed by atoms with Gasteiger partial charge >= 0.3 is 0 Å². The second kappa shape index (κ2) is 3.59. The van der Waals surface area contributed by atoms with E-state index in [-0.39, 0.29) is 11.1 Å². The number of nitrogens with two attached hydrogens (primary N) is 2. The molecule has 82 valence electrons. The summed E-state index contributed by atoms with van der Waals surface area (Å²) in [6.45, 7) is 1.33. The molecular weight excluding hydrogens is 223 g/mol. The van der Waals surface area contributed by atoms with Crippen molar-refractivity contribution in [2.24, 2.45) is 10.9 Å². The Bertz CT molecular complexity index is 525. The van der Waals surface area contributed by atoms with Crippen molar-refractivity contribution in [3.63, 3.8) is 0 Å². The number of primary sulfonamides is 1. The number of carbonyl (C=O) groups is 1. The quantitative estimate of drug-likeness (QED) is 0.742. The molecule has 4 N–H and O–H groups in total. The first kappa shape index (κ1) is 11.6. The minimum Gasteiger partial charge on any atom is -0.366 e. The summed E-state index contributed by atoms with van der Waals surface area (Å²) in [7, 11) is -4.06. The Balaban J connectivity index is 3.63. The maximum absolute atomic E-state index is 13.0. The van der Waals surface area contributed by atoms with Gasteiger partial charge in [-0.25, -0.2) is 17.9 Å². The van der Waals surface area contributed by atoms with Crippen molar-refractivity contribution in [2.75, 3.05) is 0 Å². The smallest absolute Gasteiger partial charge is 0.249 e. The van der Waals surface area contributed by atoms with E-state index >= 15 is 0 Å². The van der Waals surface area contributed by atoms with Crippen LogP contribution in [0.15, 0.2) is 17.0 Å². The zero-order chi connectivity index (χ0) is 11.8. The first-order valence-electron chi connectivity index (χ1n) is 3.86. The third-order valence-corrected chi connectivity index (χ3v) is 2.93. The van der Waals surface area contributed by atoms with Crippen LogP contribution in [0.3, 0.4) is 0 Å². The molecule has 0 fully saturated rings. The topological polar surface area (TPSA) is 103 Å². The van der Waals surface area contributed by atoms with Crippen LogP contribution in [0.5, 0.6) is 0 Å². The highest BCUT2D eigenvalue weighted by atomic mass is 32.2. The number of halogens is 1. The van der Waals surface area contributed by atoms with Gasteiger partial charge in [0.05, 0.1) is 4.90 Å². The highest BCUT2D eigenvalue weighted by Crippen LogP contribution is 2.19. The van der Waals surface area contributed by atoms with Crippen LogP contribution in [-0.2, 0) is 10.0 Å². The van der Waals surface area contributed by atoms with Gasteiger partial charge < -0.3 is 5.73 Å². The van der Waals surface area contributed by atoms with E-state index in [4.69, 9.17) is 10.9 Å². The Labute approximate surface area is 85.9 Å². The number of sulfonamides is 1. The predicted octanol–water partition coefficient (Wildman–Crippen LogP) is -0.120. The lowest BCUT2D eigenvalue weighted by molar-refractivity contribution is 0.0999. The standard InChI is InChI=1S/C8H9FN2O3S/c1-4-6(8(10)12)2-5(9)3-7(4)15(11,13)14/h2-3H,1H3,(H2,10,12)(H2,11,13,14). The number of primary amides is 1. The molecule has 5 nitrogen and oxygen atoms in total. The number of benzene rings is 1. The van der Waals surface area contributed by atoms with Crippen LogP contribution in [-0.4, -0.2) is 14.3 Å². The number of carbonyl (C=O) groups excluding carboxylic acids is 1. The molecule has 1 aromatic rings. The van der Waals surface area contributed by atoms with Crippen LogP contribution in [0.25, 0.3) is 0 Å². The Kier molecular flexibility index (Phi) is 2.78. The average Bonchev–Trinajstić information content (AvgIpc) is 2.06. The zero-order valence-electron chi connectivity index (χ0n) is 7.82. The molecule has 0 saturated heterocycles. The summed E-state index contributed by atoms with van der Waals surface area (Å²) in [6, 6.07) is 1.61. The fourth-order valence-electron chi connectivity index (χ4n) is 1.21. The van der Waals surface area contributed by atoms with Crippen molar-refractivity contribution in [3.8, 4) is 0 Å². The molecule has 0 radical (unpaired) electrons. The van der Waals surface area contributed by atoms with Gasteiger partial charge in [-0.3, -0.25) is 4.79 Å². The van der Waals surface area contributed by atoms with Crippen molar-refractivity contribution in [1.82, 2.24) is 0 Å². The second-order valence-electron chi connectivity index (χ2n) is 2.99. The third-order valence-electron chi connectivity index (χ3n) is 1.90. The van der Waals surface area contributed by atoms with E-state index in [1.54, 1.807) is 0 Å². The first-order valence-corrected chi connectivity index (χ1v) is 5.41. The van der Waals surface area contributed by atoms with E-state index in [9.17, 15) is 17.6 Å². The van der Waals surface area contributed by atoms with Crippen molar-refractivity contribution in [3.05, 3.63) is 29.1 Å². The fourth-order valence-corrected chi connectivity index (χ4v) is 2.02. The molecule has 0 aliphatic carbocycles. The van der Waals surface area contributed by atoms with E-state index in [1.165, 1.54) is 6.92 Å². The monoisotopic (exact) mass is 232 g/mol. The van der Waals surface area contributed by atoms with Crippen LogP contribution >= 0.6 is 0 Å². The van der Waals surface area contributed by atoms with E-state index < -0.39 is 26.6 Å². The lowest BCUT2D eigenvalue weighted by Gasteiger charge is -2.07. The Morgan fingerprint density at radius 3 is 2.33 bits per heavy atom. The largest absolute Gasteiger partial charge is 0.366 e. The molecule has 7 heteroatoms. The van der Waals surface area contributed by atoms with E-state index in [0.29, 0.717) is 0 Å². The molecule has 0 heterocycles. The average molecular weight is 232 g/mol. The minimum absolute atomic E-state index is 0.0476. The van der Waals surface area contributed by atoms with Crippen molar-refractivity contribution in [2.45, 2.75) is 11.8 Å². The fraction of sp³-hybridized carbons (Fsp3) is 0.125. The molecular formula is C8H9FN2O3S. The van der Waals surface area contributed by atoms with Crippen molar-refractivity contribution < 1.29 is 17.6 Å². The molecule has 1 aromatic carbocycles. The zero-order valence-corrected chi connectivity index (χ0v) is 8.64. The SMILES string of the molecule is Cc1c(C(N)=O)cc(F)cc1S(N)(=O)=O. The summed E-state index contributed by atoms with van der Waals surface area (Å²) in [5.74, 6) is -1.78. The van der Waals surface area contributed by atoms with Gasteiger partial charge in [0.1, 0.15) is 5.82 Å². The maximum atomic E-state index is 13.0. The number of amides is 1. The van der Waals surface area contributed by atoms with E-state index in [1.807, 2.05) is 0 Å². The first-order chi connectivity index (χ1) is 6.73. The lowest BCUT2D eigenvalue weighted by Crippen LogP contribution is -2.19. The molecule has 0 aliphatic heterocycles. The van der Waals surface area contributed by atoms with Crippen molar-refractivity contribution in [1.29, 1.82) is 0 Å². The number of rotatable bonds is 2. The van der Waals surface area contributed by atoms with Gasteiger partial charge in [0.15, 0.2) is 0 Å². The van der Waals surface area contributed by atoms with E-state index in [2.05, 4.69) is 0 Å². The summed E-state index contributed by atoms with van der Waals surface area (Å²) in [5.41, 5.74) is 4.81. The minimum atomic E-state index is -4.06. The summed E-state index contributed by atoms with van der Waals surface area (Å²) in [6.07, 6.45) is 0. The van der Waals surface area contributed by atoms with Gasteiger partial charge in [-0.05, 0) is 24.6 Å². The van der Waals surface area contributed by atoms with Gasteiger partial charge in [-0.2, -0.15) is 0 Å². The highest BCUT2D eigenvalue weighted by Gasteiger charge is 2.18. The van der Waals surface area contributed by atoms with Crippen LogP contribution in [0.4, 0.5) is 4.39 Å². The molecule has 0 saturated carbocycles. The van der Waals surface area contributed by atoms with Gasteiger partial charge in [-0.1, -0.05) is 0 Å².